The maximum atomic E-state index is 14.3. The summed E-state index contributed by atoms with van der Waals surface area (Å²) in [5.41, 5.74) is 4.05. The monoisotopic (exact) mass is 575 g/mol. The van der Waals surface area contributed by atoms with Crippen LogP contribution in [0.5, 0.6) is 0 Å². The van der Waals surface area contributed by atoms with Crippen LogP contribution in [0.3, 0.4) is 0 Å². The molecule has 3 aromatic rings. The van der Waals surface area contributed by atoms with Gasteiger partial charge in [-0.2, -0.15) is 0 Å². The number of aryl methyl sites for hydroxylation is 1. The van der Waals surface area contributed by atoms with Gasteiger partial charge in [0.15, 0.2) is 6.29 Å². The van der Waals surface area contributed by atoms with Crippen molar-refractivity contribution in [2.45, 2.75) is 64.2 Å². The fraction of sp³-hybridized carbons (Fsp3) is 0.514. The van der Waals surface area contributed by atoms with Crippen LogP contribution in [0, 0.1) is 17.2 Å². The number of piperidine rings is 1. The van der Waals surface area contributed by atoms with Gasteiger partial charge in [-0.3, -0.25) is 9.69 Å². The third-order valence-corrected chi connectivity index (χ3v) is 9.35. The minimum absolute atomic E-state index is 0.0960. The highest BCUT2D eigenvalue weighted by Crippen LogP contribution is 2.39. The van der Waals surface area contributed by atoms with E-state index in [1.165, 1.54) is 11.6 Å². The summed E-state index contributed by atoms with van der Waals surface area (Å²) in [6.45, 7) is 10.1. The Morgan fingerprint density at radius 1 is 0.952 bits per heavy atom. The number of hydrogen-bond donors (Lipinski definition) is 2. The van der Waals surface area contributed by atoms with Gasteiger partial charge in [-0.05, 0) is 84.5 Å². The zero-order valence-corrected chi connectivity index (χ0v) is 25.4. The summed E-state index contributed by atoms with van der Waals surface area (Å²) in [6, 6.07) is 18.9. The van der Waals surface area contributed by atoms with Crippen molar-refractivity contribution in [3.8, 4) is 0 Å². The molecule has 5 rings (SSSR count). The molecule has 2 saturated heterocycles. The molecule has 3 heterocycles. The molecule has 0 amide bonds. The van der Waals surface area contributed by atoms with E-state index in [2.05, 4.69) is 28.0 Å². The average Bonchev–Trinajstić information content (AvgIpc) is 3.33. The number of nitrogens with zero attached hydrogens (tertiary/aromatic N) is 3. The molecule has 0 spiro atoms. The molecular weight excluding hydrogens is 529 g/mol. The second kappa shape index (κ2) is 12.8. The minimum Gasteiger partial charge on any atom is -0.367 e. The van der Waals surface area contributed by atoms with Gasteiger partial charge in [-0.1, -0.05) is 63.2 Å². The van der Waals surface area contributed by atoms with E-state index in [-0.39, 0.29) is 34.5 Å². The molecule has 0 saturated carbocycles. The van der Waals surface area contributed by atoms with Crippen molar-refractivity contribution in [1.29, 1.82) is 0 Å². The Kier molecular flexibility index (Phi) is 9.33. The van der Waals surface area contributed by atoms with E-state index >= 15 is 0 Å². The molecule has 0 aliphatic carbocycles. The highest BCUT2D eigenvalue weighted by Gasteiger charge is 2.44. The molecule has 6 nitrogen and oxygen atoms in total. The Morgan fingerprint density at radius 2 is 1.67 bits per heavy atom. The van der Waals surface area contributed by atoms with Crippen LogP contribution in [0.4, 0.5) is 4.39 Å². The van der Waals surface area contributed by atoms with Crippen molar-refractivity contribution >= 4 is 0 Å². The van der Waals surface area contributed by atoms with Crippen LogP contribution in [0.25, 0.3) is 0 Å². The Morgan fingerprint density at radius 3 is 2.31 bits per heavy atom. The number of aromatic nitrogens is 1. The van der Waals surface area contributed by atoms with Crippen LogP contribution in [0.2, 0.25) is 0 Å². The van der Waals surface area contributed by atoms with Crippen molar-refractivity contribution in [3.63, 3.8) is 0 Å². The van der Waals surface area contributed by atoms with Gasteiger partial charge in [-0.25, -0.2) is 4.39 Å². The lowest BCUT2D eigenvalue weighted by molar-refractivity contribution is -0.127. The highest BCUT2D eigenvalue weighted by atomic mass is 19.1. The number of hydrogen-bond acceptors (Lipinski definition) is 5. The van der Waals surface area contributed by atoms with Crippen LogP contribution in [-0.4, -0.2) is 69.6 Å². The number of likely N-dealkylation sites (tertiary alicyclic amines) is 2. The average molecular weight is 576 g/mol. The lowest BCUT2D eigenvalue weighted by Crippen LogP contribution is -2.50. The first-order chi connectivity index (χ1) is 20.0. The maximum Gasteiger partial charge on any atom is 0.253 e. The van der Waals surface area contributed by atoms with Gasteiger partial charge >= 0.3 is 0 Å². The van der Waals surface area contributed by atoms with E-state index in [0.717, 1.165) is 62.1 Å². The van der Waals surface area contributed by atoms with Gasteiger partial charge in [0.05, 0.1) is 6.04 Å². The van der Waals surface area contributed by atoms with E-state index in [4.69, 9.17) is 0 Å². The molecule has 3 atom stereocenters. The summed E-state index contributed by atoms with van der Waals surface area (Å²) >= 11 is 0. The van der Waals surface area contributed by atoms with E-state index < -0.39 is 12.3 Å². The molecule has 1 aromatic heterocycles. The van der Waals surface area contributed by atoms with E-state index in [9.17, 15) is 19.4 Å². The first-order valence-corrected chi connectivity index (χ1v) is 15.3. The Bertz CT molecular complexity index is 1390. The molecule has 0 radical (unpaired) electrons. The second-order valence-electron chi connectivity index (χ2n) is 13.6. The molecular formula is C35H46FN3O3. The zero-order valence-electron chi connectivity index (χ0n) is 25.4. The molecule has 2 aliphatic heterocycles. The minimum atomic E-state index is -1.45. The van der Waals surface area contributed by atoms with Gasteiger partial charge < -0.3 is 19.7 Å². The molecule has 7 heteroatoms. The van der Waals surface area contributed by atoms with Gasteiger partial charge in [0, 0.05) is 44.4 Å². The molecule has 0 unspecified atom stereocenters. The Balaban J connectivity index is 1.29. The lowest BCUT2D eigenvalue weighted by Gasteiger charge is -2.39. The smallest absolute Gasteiger partial charge is 0.253 e. The van der Waals surface area contributed by atoms with Crippen molar-refractivity contribution in [3.05, 3.63) is 105 Å². The predicted molar refractivity (Wildman–Crippen MR) is 165 cm³/mol. The quantitative estimate of drug-likeness (QED) is 0.380. The first-order valence-electron chi connectivity index (χ1n) is 15.3. The standard InChI is InChI=1S/C35H46FN3O3/c1-35(2,3)32(34(41)42)39-22-28(31(23-39)27-11-8-12-29(36)19-27)21-38-15-13-26(14-16-38)30-18-25(20-37(4)33(30)40)17-24-9-6-5-7-10-24/h5-12,18-20,26,28,31-32,34,41-42H,13-17,21-23H2,1-4H3/t28-,31+,32-/m0/s1. The molecule has 2 N–H and O–H groups in total. The van der Waals surface area contributed by atoms with E-state index in [0.29, 0.717) is 6.54 Å². The fourth-order valence-corrected chi connectivity index (χ4v) is 7.40. The van der Waals surface area contributed by atoms with Crippen LogP contribution < -0.4 is 5.56 Å². The maximum absolute atomic E-state index is 14.3. The summed E-state index contributed by atoms with van der Waals surface area (Å²) in [4.78, 5) is 17.8. The highest BCUT2D eigenvalue weighted by molar-refractivity contribution is 5.29. The van der Waals surface area contributed by atoms with E-state index in [1.807, 2.05) is 58.3 Å². The van der Waals surface area contributed by atoms with Crippen molar-refractivity contribution in [2.24, 2.45) is 18.4 Å². The van der Waals surface area contributed by atoms with Gasteiger partial charge in [0.25, 0.3) is 5.56 Å². The largest absolute Gasteiger partial charge is 0.367 e. The number of halogens is 1. The Hall–Kier alpha value is -2.84. The SMILES string of the molecule is Cn1cc(Cc2ccccc2)cc(C2CCN(C[C@H]3CN([C@@H](C(O)O)C(C)(C)C)C[C@@H]3c3cccc(F)c3)CC2)c1=O. The molecule has 0 bridgehead atoms. The number of pyridine rings is 1. The summed E-state index contributed by atoms with van der Waals surface area (Å²) < 4.78 is 16.0. The molecule has 2 aliphatic rings. The van der Waals surface area contributed by atoms with Gasteiger partial charge in [0.1, 0.15) is 5.82 Å². The van der Waals surface area contributed by atoms with Crippen molar-refractivity contribution in [1.82, 2.24) is 14.4 Å². The third kappa shape index (κ3) is 7.03. The molecule has 226 valence electrons. The van der Waals surface area contributed by atoms with Crippen molar-refractivity contribution < 1.29 is 14.6 Å². The topological polar surface area (TPSA) is 68.9 Å². The van der Waals surface area contributed by atoms with E-state index in [1.54, 1.807) is 16.7 Å². The lowest BCUT2D eigenvalue weighted by atomic mass is 9.85. The molecule has 2 aromatic carbocycles. The van der Waals surface area contributed by atoms with Crippen LogP contribution in [0.1, 0.15) is 67.7 Å². The summed E-state index contributed by atoms with van der Waals surface area (Å²) in [6.07, 6.45) is 3.16. The zero-order chi connectivity index (χ0) is 30.0. The normalized spacial score (nSPS) is 21.7. The summed E-state index contributed by atoms with van der Waals surface area (Å²) in [5, 5.41) is 20.6. The second-order valence-corrected chi connectivity index (χ2v) is 13.6. The Labute approximate surface area is 249 Å². The number of aliphatic hydroxyl groups is 2. The van der Waals surface area contributed by atoms with Crippen LogP contribution >= 0.6 is 0 Å². The summed E-state index contributed by atoms with van der Waals surface area (Å²) in [5.74, 6) is 0.318. The summed E-state index contributed by atoms with van der Waals surface area (Å²) in [7, 11) is 1.85. The number of aliphatic hydroxyl groups excluding tert-OH is 1. The van der Waals surface area contributed by atoms with Crippen LogP contribution in [0.15, 0.2) is 71.7 Å². The fourth-order valence-electron chi connectivity index (χ4n) is 7.40. The molecule has 42 heavy (non-hydrogen) atoms. The molecule has 2 fully saturated rings. The van der Waals surface area contributed by atoms with Crippen molar-refractivity contribution in [2.75, 3.05) is 32.7 Å². The number of benzene rings is 2. The third-order valence-electron chi connectivity index (χ3n) is 9.35. The van der Waals surface area contributed by atoms with Gasteiger partial charge in [-0.15, -0.1) is 0 Å². The first kappa shape index (κ1) is 30.6. The van der Waals surface area contributed by atoms with Gasteiger partial charge in [0.2, 0.25) is 0 Å². The number of rotatable bonds is 8. The predicted octanol–water partition coefficient (Wildman–Crippen LogP) is 4.74. The van der Waals surface area contributed by atoms with Crippen LogP contribution in [-0.2, 0) is 13.5 Å².